The van der Waals surface area contributed by atoms with Crippen molar-refractivity contribution in [2.75, 3.05) is 5.32 Å². The second kappa shape index (κ2) is 8.09. The highest BCUT2D eigenvalue weighted by atomic mass is 19.1. The Morgan fingerprint density at radius 1 is 1.48 bits per heavy atom. The molecule has 2 aromatic heterocycles. The molecule has 138 valence electrons. The van der Waals surface area contributed by atoms with E-state index in [0.29, 0.717) is 5.69 Å². The van der Waals surface area contributed by atoms with Gasteiger partial charge in [0.05, 0.1) is 5.69 Å². The topological polar surface area (TPSA) is 117 Å². The molecule has 9 nitrogen and oxygen atoms in total. The number of aromatic amines is 1. The number of nitriles is 1. The van der Waals surface area contributed by atoms with Crippen LogP contribution in [-0.4, -0.2) is 30.4 Å². The van der Waals surface area contributed by atoms with E-state index in [1.165, 1.54) is 18.3 Å². The number of hydrogen-bond acceptors (Lipinski definition) is 7. The zero-order valence-electron chi connectivity index (χ0n) is 14.8. The number of aryl methyl sites for hydroxylation is 2. The first-order valence-corrected chi connectivity index (χ1v) is 8.16. The molecule has 0 saturated heterocycles. The van der Waals surface area contributed by atoms with Crippen LogP contribution in [0.15, 0.2) is 30.6 Å². The molecule has 0 atom stereocenters. The van der Waals surface area contributed by atoms with Crippen molar-refractivity contribution in [1.82, 2.24) is 30.4 Å². The smallest absolute Gasteiger partial charge is 0.216 e. The van der Waals surface area contributed by atoms with Gasteiger partial charge in [0.2, 0.25) is 5.82 Å². The van der Waals surface area contributed by atoms with Crippen molar-refractivity contribution in [3.63, 3.8) is 0 Å². The molecule has 0 radical (unpaired) electrons. The van der Waals surface area contributed by atoms with E-state index in [1.807, 2.05) is 26.1 Å². The summed E-state index contributed by atoms with van der Waals surface area (Å²) in [5, 5.41) is 29.4. The van der Waals surface area contributed by atoms with Gasteiger partial charge in [-0.25, -0.2) is 4.39 Å². The number of allylic oxidation sites excluding steroid dienone is 1. The van der Waals surface area contributed by atoms with Gasteiger partial charge in [-0.15, -0.1) is 10.2 Å². The Morgan fingerprint density at radius 3 is 2.96 bits per heavy atom. The lowest BCUT2D eigenvalue weighted by molar-refractivity contribution is 0.289. The highest BCUT2D eigenvalue weighted by molar-refractivity contribution is 5.74. The summed E-state index contributed by atoms with van der Waals surface area (Å²) in [4.78, 5) is 0. The SMILES string of the molecule is CCn1cc(COc2ccc(NC=C(C#N)c3nn[nH]n3)cc2F)c(C)n1. The summed E-state index contributed by atoms with van der Waals surface area (Å²) in [6, 6.07) is 6.38. The summed E-state index contributed by atoms with van der Waals surface area (Å²) < 4.78 is 21.7. The second-order valence-electron chi connectivity index (χ2n) is 5.58. The molecule has 0 amide bonds. The van der Waals surface area contributed by atoms with Gasteiger partial charge in [-0.1, -0.05) is 0 Å². The minimum absolute atomic E-state index is 0.131. The first-order valence-electron chi connectivity index (χ1n) is 8.16. The highest BCUT2D eigenvalue weighted by Gasteiger charge is 2.09. The highest BCUT2D eigenvalue weighted by Crippen LogP contribution is 2.23. The van der Waals surface area contributed by atoms with E-state index in [1.54, 1.807) is 10.7 Å². The number of nitrogens with one attached hydrogen (secondary N) is 2. The van der Waals surface area contributed by atoms with Crippen molar-refractivity contribution >= 4 is 11.3 Å². The normalized spacial score (nSPS) is 11.3. The van der Waals surface area contributed by atoms with Crippen LogP contribution >= 0.6 is 0 Å². The molecule has 0 fully saturated rings. The van der Waals surface area contributed by atoms with Crippen LogP contribution in [0.25, 0.3) is 5.57 Å². The molecule has 0 unspecified atom stereocenters. The lowest BCUT2D eigenvalue weighted by atomic mass is 10.2. The fraction of sp³-hybridized carbons (Fsp3) is 0.235. The minimum atomic E-state index is -0.521. The monoisotopic (exact) mass is 368 g/mol. The van der Waals surface area contributed by atoms with Crippen LogP contribution in [0.4, 0.5) is 10.1 Å². The number of H-pyrrole nitrogens is 1. The van der Waals surface area contributed by atoms with E-state index >= 15 is 0 Å². The van der Waals surface area contributed by atoms with Gasteiger partial charge >= 0.3 is 0 Å². The molecule has 27 heavy (non-hydrogen) atoms. The lowest BCUT2D eigenvalue weighted by Crippen LogP contribution is -1.99. The van der Waals surface area contributed by atoms with Crippen LogP contribution in [0.5, 0.6) is 5.75 Å². The van der Waals surface area contributed by atoms with E-state index in [0.717, 1.165) is 17.8 Å². The Hall–Kier alpha value is -3.74. The largest absolute Gasteiger partial charge is 0.486 e. The van der Waals surface area contributed by atoms with Crippen LogP contribution in [0, 0.1) is 24.1 Å². The van der Waals surface area contributed by atoms with Crippen molar-refractivity contribution in [2.24, 2.45) is 0 Å². The molecule has 0 bridgehead atoms. The Morgan fingerprint density at radius 2 is 2.33 bits per heavy atom. The number of nitrogens with zero attached hydrogens (tertiary/aromatic N) is 6. The maximum atomic E-state index is 14.3. The first kappa shape index (κ1) is 18.1. The number of benzene rings is 1. The Labute approximate surface area is 154 Å². The fourth-order valence-electron chi connectivity index (χ4n) is 2.30. The van der Waals surface area contributed by atoms with E-state index < -0.39 is 5.82 Å². The van der Waals surface area contributed by atoms with Crippen LogP contribution in [0.3, 0.4) is 0 Å². The molecular formula is C17H17FN8O. The van der Waals surface area contributed by atoms with Crippen LogP contribution in [0.1, 0.15) is 24.0 Å². The summed E-state index contributed by atoms with van der Waals surface area (Å²) in [5.41, 5.74) is 2.37. The zero-order valence-corrected chi connectivity index (χ0v) is 14.8. The lowest BCUT2D eigenvalue weighted by Gasteiger charge is -2.08. The van der Waals surface area contributed by atoms with Gasteiger partial charge in [-0.2, -0.15) is 15.6 Å². The molecular weight excluding hydrogens is 351 g/mol. The predicted octanol–water partition coefficient (Wildman–Crippen LogP) is 2.42. The second-order valence-corrected chi connectivity index (χ2v) is 5.58. The molecule has 2 N–H and O–H groups in total. The maximum absolute atomic E-state index is 14.3. The molecule has 0 aliphatic rings. The molecule has 0 saturated carbocycles. The van der Waals surface area contributed by atoms with Crippen molar-refractivity contribution in [3.05, 3.63) is 53.5 Å². The van der Waals surface area contributed by atoms with Crippen molar-refractivity contribution in [1.29, 1.82) is 5.26 Å². The van der Waals surface area contributed by atoms with Gasteiger partial charge in [0, 0.05) is 36.3 Å². The standard InChI is InChI=1S/C17H17FN8O/c1-3-26-9-13(11(2)23-26)10-27-16-5-4-14(6-15(16)18)20-8-12(7-19)17-21-24-25-22-17/h4-6,8-9,20H,3,10H2,1-2H3,(H,21,22,24,25). The number of aromatic nitrogens is 6. The Balaban J connectivity index is 1.66. The van der Waals surface area contributed by atoms with E-state index in [4.69, 9.17) is 10.00 Å². The van der Waals surface area contributed by atoms with Gasteiger partial charge in [0.25, 0.3) is 0 Å². The molecule has 1 aromatic carbocycles. The molecule has 10 heteroatoms. The summed E-state index contributed by atoms with van der Waals surface area (Å²) in [6.45, 7) is 4.87. The number of hydrogen-bond donors (Lipinski definition) is 2. The van der Waals surface area contributed by atoms with Gasteiger partial charge in [-0.05, 0) is 31.2 Å². The average Bonchev–Trinajstić information content (AvgIpc) is 3.31. The van der Waals surface area contributed by atoms with Crippen molar-refractivity contribution < 1.29 is 9.13 Å². The third-order valence-corrected chi connectivity index (χ3v) is 3.78. The molecule has 2 heterocycles. The first-order chi connectivity index (χ1) is 13.1. The maximum Gasteiger partial charge on any atom is 0.216 e. The third kappa shape index (κ3) is 4.27. The van der Waals surface area contributed by atoms with Gasteiger partial charge in [0.1, 0.15) is 18.2 Å². The zero-order chi connectivity index (χ0) is 19.2. The van der Waals surface area contributed by atoms with E-state index in [2.05, 4.69) is 31.0 Å². The summed E-state index contributed by atoms with van der Waals surface area (Å²) in [5.74, 6) is -0.243. The fourth-order valence-corrected chi connectivity index (χ4v) is 2.30. The van der Waals surface area contributed by atoms with Gasteiger partial charge < -0.3 is 10.1 Å². The van der Waals surface area contributed by atoms with E-state index in [-0.39, 0.29) is 23.8 Å². The van der Waals surface area contributed by atoms with Crippen LogP contribution in [-0.2, 0) is 13.2 Å². The summed E-state index contributed by atoms with van der Waals surface area (Å²) in [7, 11) is 0. The van der Waals surface area contributed by atoms with Crippen molar-refractivity contribution in [2.45, 2.75) is 27.0 Å². The predicted molar refractivity (Wildman–Crippen MR) is 94.8 cm³/mol. The number of tetrazole rings is 1. The number of rotatable bonds is 7. The van der Waals surface area contributed by atoms with Crippen LogP contribution in [0.2, 0.25) is 0 Å². The van der Waals surface area contributed by atoms with Gasteiger partial charge in [-0.3, -0.25) is 4.68 Å². The van der Waals surface area contributed by atoms with Crippen molar-refractivity contribution in [3.8, 4) is 11.8 Å². The average molecular weight is 368 g/mol. The third-order valence-electron chi connectivity index (χ3n) is 3.78. The van der Waals surface area contributed by atoms with E-state index in [9.17, 15) is 4.39 Å². The molecule has 3 aromatic rings. The number of anilines is 1. The Bertz CT molecular complexity index is 987. The Kier molecular flexibility index (Phi) is 5.41. The molecule has 3 rings (SSSR count). The summed E-state index contributed by atoms with van der Waals surface area (Å²) >= 11 is 0. The molecule has 0 aliphatic carbocycles. The molecule has 0 aliphatic heterocycles. The van der Waals surface area contributed by atoms with Gasteiger partial charge in [0.15, 0.2) is 11.6 Å². The molecule has 0 spiro atoms. The minimum Gasteiger partial charge on any atom is -0.486 e. The number of halogens is 1. The number of ether oxygens (including phenoxy) is 1. The summed E-state index contributed by atoms with van der Waals surface area (Å²) in [6.07, 6.45) is 3.26. The quantitative estimate of drug-likeness (QED) is 0.615. The van der Waals surface area contributed by atoms with Crippen LogP contribution < -0.4 is 10.1 Å².